The molecule has 2 aromatic rings. The second-order valence-electron chi connectivity index (χ2n) is 4.60. The molecule has 0 aliphatic rings. The van der Waals surface area contributed by atoms with E-state index in [-0.39, 0.29) is 17.5 Å². The van der Waals surface area contributed by atoms with Gasteiger partial charge in [-0.05, 0) is 42.5 Å². The lowest BCUT2D eigenvalue weighted by atomic mass is 10.2. The third-order valence-electron chi connectivity index (χ3n) is 2.96. The van der Waals surface area contributed by atoms with E-state index in [0.29, 0.717) is 16.9 Å². The SMILES string of the molecule is COC(=O)c1ccc(NC(=O)CNc2ccc(F)c(Cl)c2)cc1. The number of ether oxygens (including phenoxy) is 1. The van der Waals surface area contributed by atoms with E-state index < -0.39 is 11.8 Å². The van der Waals surface area contributed by atoms with Crippen LogP contribution in [0.3, 0.4) is 0 Å². The topological polar surface area (TPSA) is 67.4 Å². The number of hydrogen-bond donors (Lipinski definition) is 2. The molecular weight excluding hydrogens is 323 g/mol. The van der Waals surface area contributed by atoms with Gasteiger partial charge in [0.05, 0.1) is 24.2 Å². The fourth-order valence-electron chi connectivity index (χ4n) is 1.80. The first kappa shape index (κ1) is 16.8. The minimum atomic E-state index is -0.521. The summed E-state index contributed by atoms with van der Waals surface area (Å²) >= 11 is 5.66. The fraction of sp³-hybridized carbons (Fsp3) is 0.125. The average Bonchev–Trinajstić information content (AvgIpc) is 2.56. The number of carbonyl (C=O) groups excluding carboxylic acids is 2. The summed E-state index contributed by atoms with van der Waals surface area (Å²) in [6.07, 6.45) is 0. The predicted octanol–water partition coefficient (Wildman–Crippen LogP) is 3.32. The number of methoxy groups -OCH3 is 1. The van der Waals surface area contributed by atoms with Crippen LogP contribution in [0, 0.1) is 5.82 Å². The number of hydrogen-bond acceptors (Lipinski definition) is 4. The first-order valence-corrected chi connectivity index (χ1v) is 7.04. The minimum absolute atomic E-state index is 0.0132. The molecule has 23 heavy (non-hydrogen) atoms. The van der Waals surface area contributed by atoms with Crippen molar-refractivity contribution in [1.29, 1.82) is 0 Å². The number of anilines is 2. The van der Waals surface area contributed by atoms with E-state index >= 15 is 0 Å². The van der Waals surface area contributed by atoms with Crippen LogP contribution in [0.5, 0.6) is 0 Å². The molecule has 0 unspecified atom stereocenters. The normalized spacial score (nSPS) is 10.0. The fourth-order valence-corrected chi connectivity index (χ4v) is 1.98. The van der Waals surface area contributed by atoms with Gasteiger partial charge in [0.1, 0.15) is 5.82 Å². The zero-order valence-electron chi connectivity index (χ0n) is 12.2. The quantitative estimate of drug-likeness (QED) is 0.822. The van der Waals surface area contributed by atoms with Gasteiger partial charge in [-0.3, -0.25) is 4.79 Å². The highest BCUT2D eigenvalue weighted by molar-refractivity contribution is 6.31. The molecule has 5 nitrogen and oxygen atoms in total. The summed E-state index contributed by atoms with van der Waals surface area (Å²) in [5, 5.41) is 5.48. The van der Waals surface area contributed by atoms with Gasteiger partial charge in [0.25, 0.3) is 0 Å². The molecule has 2 N–H and O–H groups in total. The van der Waals surface area contributed by atoms with Crippen molar-refractivity contribution in [3.05, 3.63) is 58.9 Å². The van der Waals surface area contributed by atoms with Crippen LogP contribution in [0.15, 0.2) is 42.5 Å². The maximum Gasteiger partial charge on any atom is 0.337 e. The van der Waals surface area contributed by atoms with E-state index in [9.17, 15) is 14.0 Å². The molecule has 0 saturated carbocycles. The molecule has 0 aromatic heterocycles. The second kappa shape index (κ2) is 7.60. The number of nitrogens with one attached hydrogen (secondary N) is 2. The Hall–Kier alpha value is -2.60. The first-order valence-electron chi connectivity index (χ1n) is 6.67. The summed E-state index contributed by atoms with van der Waals surface area (Å²) in [6.45, 7) is -0.0132. The monoisotopic (exact) mass is 336 g/mol. The standard InChI is InChI=1S/C16H14ClFN2O3/c1-23-16(22)10-2-4-11(5-3-10)20-15(21)9-19-12-6-7-14(18)13(17)8-12/h2-8,19H,9H2,1H3,(H,20,21). The molecule has 0 fully saturated rings. The van der Waals surface area contributed by atoms with E-state index in [4.69, 9.17) is 11.6 Å². The van der Waals surface area contributed by atoms with Crippen molar-refractivity contribution in [2.75, 3.05) is 24.3 Å². The van der Waals surface area contributed by atoms with E-state index in [0.717, 1.165) is 0 Å². The molecule has 0 aliphatic heterocycles. The Morgan fingerprint density at radius 1 is 1.13 bits per heavy atom. The molecule has 0 spiro atoms. The highest BCUT2D eigenvalue weighted by Crippen LogP contribution is 2.19. The largest absolute Gasteiger partial charge is 0.465 e. The van der Waals surface area contributed by atoms with E-state index in [2.05, 4.69) is 15.4 Å². The summed E-state index contributed by atoms with van der Waals surface area (Å²) < 4.78 is 17.6. The van der Waals surface area contributed by atoms with Gasteiger partial charge in [0, 0.05) is 11.4 Å². The van der Waals surface area contributed by atoms with Crippen molar-refractivity contribution in [1.82, 2.24) is 0 Å². The Bertz CT molecular complexity index is 720. The molecule has 120 valence electrons. The highest BCUT2D eigenvalue weighted by Gasteiger charge is 2.07. The number of rotatable bonds is 5. The Labute approximate surface area is 137 Å². The number of amides is 1. The molecule has 2 rings (SSSR count). The van der Waals surface area contributed by atoms with E-state index in [1.807, 2.05) is 0 Å². The molecule has 2 aromatic carbocycles. The van der Waals surface area contributed by atoms with Gasteiger partial charge in [-0.2, -0.15) is 0 Å². The molecule has 0 aliphatic carbocycles. The van der Waals surface area contributed by atoms with Gasteiger partial charge < -0.3 is 15.4 Å². The zero-order valence-corrected chi connectivity index (χ0v) is 13.0. The Morgan fingerprint density at radius 3 is 2.39 bits per heavy atom. The van der Waals surface area contributed by atoms with Crippen LogP contribution in [0.2, 0.25) is 5.02 Å². The summed E-state index contributed by atoms with van der Waals surface area (Å²) in [4.78, 5) is 23.1. The summed E-state index contributed by atoms with van der Waals surface area (Å²) in [7, 11) is 1.30. The predicted molar refractivity (Wildman–Crippen MR) is 86.3 cm³/mol. The smallest absolute Gasteiger partial charge is 0.337 e. The van der Waals surface area contributed by atoms with Gasteiger partial charge in [-0.15, -0.1) is 0 Å². The number of carbonyl (C=O) groups is 2. The first-order chi connectivity index (χ1) is 11.0. The van der Waals surface area contributed by atoms with Gasteiger partial charge in [-0.1, -0.05) is 11.6 Å². The number of halogens is 2. The number of benzene rings is 2. The van der Waals surface area contributed by atoms with Crippen LogP contribution >= 0.6 is 11.6 Å². The Kier molecular flexibility index (Phi) is 5.54. The molecule has 0 bridgehead atoms. The Morgan fingerprint density at radius 2 is 1.78 bits per heavy atom. The third kappa shape index (κ3) is 4.69. The van der Waals surface area contributed by atoms with Crippen LogP contribution in [0.1, 0.15) is 10.4 Å². The lowest BCUT2D eigenvalue weighted by molar-refractivity contribution is -0.114. The van der Waals surface area contributed by atoms with Crippen LogP contribution in [0.4, 0.5) is 15.8 Å². The van der Waals surface area contributed by atoms with Crippen LogP contribution in [-0.4, -0.2) is 25.5 Å². The van der Waals surface area contributed by atoms with Crippen molar-refractivity contribution < 1.29 is 18.7 Å². The minimum Gasteiger partial charge on any atom is -0.465 e. The molecule has 0 radical (unpaired) electrons. The van der Waals surface area contributed by atoms with Crippen molar-refractivity contribution in [2.24, 2.45) is 0 Å². The maximum absolute atomic E-state index is 13.0. The van der Waals surface area contributed by atoms with Crippen LogP contribution < -0.4 is 10.6 Å². The van der Waals surface area contributed by atoms with Gasteiger partial charge in [0.15, 0.2) is 0 Å². The molecule has 0 atom stereocenters. The molecular formula is C16H14ClFN2O3. The van der Waals surface area contributed by atoms with Crippen molar-refractivity contribution in [3.8, 4) is 0 Å². The number of esters is 1. The zero-order chi connectivity index (χ0) is 16.8. The third-order valence-corrected chi connectivity index (χ3v) is 3.25. The average molecular weight is 337 g/mol. The van der Waals surface area contributed by atoms with Gasteiger partial charge >= 0.3 is 5.97 Å². The van der Waals surface area contributed by atoms with Crippen LogP contribution in [0.25, 0.3) is 0 Å². The van der Waals surface area contributed by atoms with Crippen molar-refractivity contribution in [2.45, 2.75) is 0 Å². The Balaban J connectivity index is 1.89. The second-order valence-corrected chi connectivity index (χ2v) is 5.01. The lowest BCUT2D eigenvalue weighted by Crippen LogP contribution is -2.21. The van der Waals surface area contributed by atoms with Gasteiger partial charge in [0.2, 0.25) is 5.91 Å². The summed E-state index contributed by atoms with van der Waals surface area (Å²) in [5.41, 5.74) is 1.47. The summed E-state index contributed by atoms with van der Waals surface area (Å²) in [6, 6.07) is 10.4. The van der Waals surface area contributed by atoms with Crippen LogP contribution in [-0.2, 0) is 9.53 Å². The lowest BCUT2D eigenvalue weighted by Gasteiger charge is -2.09. The highest BCUT2D eigenvalue weighted by atomic mass is 35.5. The maximum atomic E-state index is 13.0. The van der Waals surface area contributed by atoms with E-state index in [1.165, 1.54) is 25.3 Å². The molecule has 0 heterocycles. The summed E-state index contributed by atoms with van der Waals surface area (Å²) in [5.74, 6) is -1.26. The molecule has 7 heteroatoms. The van der Waals surface area contributed by atoms with Gasteiger partial charge in [-0.25, -0.2) is 9.18 Å². The van der Waals surface area contributed by atoms with Crippen molar-refractivity contribution in [3.63, 3.8) is 0 Å². The van der Waals surface area contributed by atoms with Crippen molar-refractivity contribution >= 4 is 34.9 Å². The van der Waals surface area contributed by atoms with E-state index in [1.54, 1.807) is 24.3 Å². The molecule has 0 saturated heterocycles. The molecule has 1 amide bonds.